The molecular weight excluding hydrogens is 298 g/mol. The molecule has 0 amide bonds. The van der Waals surface area contributed by atoms with E-state index >= 15 is 0 Å². The highest BCUT2D eigenvalue weighted by atomic mass is 79.9. The fourth-order valence-electron chi connectivity index (χ4n) is 1.64. The number of nitrogens with one attached hydrogen (secondary N) is 1. The molecular formula is C12H22BrN3S. The first-order chi connectivity index (χ1) is 8.10. The van der Waals surface area contributed by atoms with Gasteiger partial charge in [0.05, 0.1) is 15.9 Å². The molecule has 0 aromatic carbocycles. The summed E-state index contributed by atoms with van der Waals surface area (Å²) in [6, 6.07) is 0.534. The van der Waals surface area contributed by atoms with Crippen LogP contribution in [0.25, 0.3) is 0 Å². The maximum absolute atomic E-state index is 4.49. The highest BCUT2D eigenvalue weighted by Gasteiger charge is 2.12. The summed E-state index contributed by atoms with van der Waals surface area (Å²) in [7, 11) is 2.01. The lowest BCUT2D eigenvalue weighted by Crippen LogP contribution is -2.28. The minimum atomic E-state index is 0.534. The van der Waals surface area contributed by atoms with E-state index in [1.54, 1.807) is 0 Å². The van der Waals surface area contributed by atoms with Crippen molar-refractivity contribution in [2.45, 2.75) is 39.8 Å². The second-order valence-electron chi connectivity index (χ2n) is 4.13. The van der Waals surface area contributed by atoms with Gasteiger partial charge in [-0.2, -0.15) is 16.9 Å². The Bertz CT molecular complexity index is 352. The van der Waals surface area contributed by atoms with E-state index in [2.05, 4.69) is 47.1 Å². The molecule has 98 valence electrons. The Morgan fingerprint density at radius 3 is 2.71 bits per heavy atom. The molecule has 1 aromatic heterocycles. The molecule has 5 heteroatoms. The molecule has 3 nitrogen and oxygen atoms in total. The zero-order valence-corrected chi connectivity index (χ0v) is 13.5. The third-order valence-electron chi connectivity index (χ3n) is 2.69. The summed E-state index contributed by atoms with van der Waals surface area (Å²) in [4.78, 5) is 0. The van der Waals surface area contributed by atoms with Gasteiger partial charge in [0.1, 0.15) is 0 Å². The first-order valence-electron chi connectivity index (χ1n) is 6.11. The van der Waals surface area contributed by atoms with Crippen LogP contribution in [0.5, 0.6) is 0 Å². The molecule has 0 fully saturated rings. The molecule has 0 saturated carbocycles. The van der Waals surface area contributed by atoms with Crippen LogP contribution in [0.1, 0.15) is 32.2 Å². The lowest BCUT2D eigenvalue weighted by molar-refractivity contribution is 0.563. The van der Waals surface area contributed by atoms with Gasteiger partial charge in [0.2, 0.25) is 0 Å². The molecule has 0 aliphatic carbocycles. The van der Waals surface area contributed by atoms with Crippen molar-refractivity contribution in [3.63, 3.8) is 0 Å². The normalized spacial score (nSPS) is 13.0. The average molecular weight is 320 g/mol. The zero-order valence-electron chi connectivity index (χ0n) is 11.1. The molecule has 1 atom stereocenters. The quantitative estimate of drug-likeness (QED) is 0.838. The summed E-state index contributed by atoms with van der Waals surface area (Å²) in [6.45, 7) is 7.43. The monoisotopic (exact) mass is 319 g/mol. The van der Waals surface area contributed by atoms with E-state index in [-0.39, 0.29) is 0 Å². The predicted molar refractivity (Wildman–Crippen MR) is 79.6 cm³/mol. The number of aryl methyl sites for hydroxylation is 2. The van der Waals surface area contributed by atoms with Crippen LogP contribution in [0.3, 0.4) is 0 Å². The molecule has 1 N–H and O–H groups in total. The van der Waals surface area contributed by atoms with Gasteiger partial charge in [-0.15, -0.1) is 0 Å². The first-order valence-corrected chi connectivity index (χ1v) is 8.06. The van der Waals surface area contributed by atoms with Crippen molar-refractivity contribution in [1.29, 1.82) is 0 Å². The number of aromatic nitrogens is 2. The molecule has 1 heterocycles. The first kappa shape index (κ1) is 15.1. The van der Waals surface area contributed by atoms with Gasteiger partial charge in [-0.25, -0.2) is 0 Å². The summed E-state index contributed by atoms with van der Waals surface area (Å²) in [5, 5.41) is 8.03. The lowest BCUT2D eigenvalue weighted by Gasteiger charge is -2.13. The Hall–Kier alpha value is 0. The number of hydrogen-bond acceptors (Lipinski definition) is 3. The largest absolute Gasteiger partial charge is 0.308 e. The van der Waals surface area contributed by atoms with Gasteiger partial charge in [-0.05, 0) is 35.0 Å². The summed E-state index contributed by atoms with van der Waals surface area (Å²) >= 11 is 5.61. The number of rotatable bonds is 7. The average Bonchev–Trinajstić information content (AvgIpc) is 2.59. The molecule has 0 saturated heterocycles. The van der Waals surface area contributed by atoms with Crippen LogP contribution in [0.4, 0.5) is 0 Å². The Balaban J connectivity index is 2.54. The number of thioether (sulfide) groups is 1. The van der Waals surface area contributed by atoms with E-state index < -0.39 is 0 Å². The van der Waals surface area contributed by atoms with Gasteiger partial charge in [0.15, 0.2) is 0 Å². The van der Waals surface area contributed by atoms with E-state index in [0.29, 0.717) is 6.04 Å². The van der Waals surface area contributed by atoms with Crippen molar-refractivity contribution in [3.05, 3.63) is 15.9 Å². The third kappa shape index (κ3) is 4.30. The van der Waals surface area contributed by atoms with Crippen LogP contribution >= 0.6 is 27.7 Å². The van der Waals surface area contributed by atoms with Gasteiger partial charge in [0.25, 0.3) is 0 Å². The maximum atomic E-state index is 4.49. The number of hydrogen-bond donors (Lipinski definition) is 1. The topological polar surface area (TPSA) is 29.9 Å². The molecule has 0 bridgehead atoms. The SMILES string of the molecule is CCSCC(C)NCc1c(Br)c(CC)nn1C. The number of nitrogens with zero attached hydrogens (tertiary/aromatic N) is 2. The molecule has 0 aliphatic heterocycles. The van der Waals surface area contributed by atoms with Crippen molar-refractivity contribution in [3.8, 4) is 0 Å². The van der Waals surface area contributed by atoms with Gasteiger partial charge in [-0.3, -0.25) is 4.68 Å². The van der Waals surface area contributed by atoms with Crippen molar-refractivity contribution in [2.24, 2.45) is 7.05 Å². The standard InChI is InChI=1S/C12H22BrN3S/c1-5-10-12(13)11(16(4)15-10)7-14-9(3)8-17-6-2/h9,14H,5-8H2,1-4H3. The minimum absolute atomic E-state index is 0.534. The van der Waals surface area contributed by atoms with Crippen LogP contribution in [0, 0.1) is 0 Å². The fraction of sp³-hybridized carbons (Fsp3) is 0.750. The maximum Gasteiger partial charge on any atom is 0.0767 e. The molecule has 0 radical (unpaired) electrons. The Morgan fingerprint density at radius 1 is 1.47 bits per heavy atom. The van der Waals surface area contributed by atoms with Crippen molar-refractivity contribution in [2.75, 3.05) is 11.5 Å². The van der Waals surface area contributed by atoms with Crippen LogP contribution in [-0.4, -0.2) is 27.3 Å². The van der Waals surface area contributed by atoms with Crippen molar-refractivity contribution >= 4 is 27.7 Å². The van der Waals surface area contributed by atoms with E-state index in [1.807, 2.05) is 23.5 Å². The highest BCUT2D eigenvalue weighted by molar-refractivity contribution is 9.10. The molecule has 0 aliphatic rings. The van der Waals surface area contributed by atoms with Gasteiger partial charge >= 0.3 is 0 Å². The number of halogens is 1. The van der Waals surface area contributed by atoms with Crippen molar-refractivity contribution in [1.82, 2.24) is 15.1 Å². The third-order valence-corrected chi connectivity index (χ3v) is 4.75. The van der Waals surface area contributed by atoms with Crippen LogP contribution in [0.2, 0.25) is 0 Å². The highest BCUT2D eigenvalue weighted by Crippen LogP contribution is 2.21. The van der Waals surface area contributed by atoms with Crippen LogP contribution in [0.15, 0.2) is 4.47 Å². The van der Waals surface area contributed by atoms with Crippen LogP contribution < -0.4 is 5.32 Å². The second kappa shape index (κ2) is 7.44. The summed E-state index contributed by atoms with van der Waals surface area (Å²) in [5.41, 5.74) is 2.37. The Morgan fingerprint density at radius 2 is 2.18 bits per heavy atom. The summed E-state index contributed by atoms with van der Waals surface area (Å²) < 4.78 is 3.13. The van der Waals surface area contributed by atoms with E-state index in [0.717, 1.165) is 28.9 Å². The van der Waals surface area contributed by atoms with Gasteiger partial charge < -0.3 is 5.32 Å². The van der Waals surface area contributed by atoms with E-state index in [4.69, 9.17) is 0 Å². The molecule has 17 heavy (non-hydrogen) atoms. The van der Waals surface area contributed by atoms with Crippen LogP contribution in [-0.2, 0) is 20.0 Å². The van der Waals surface area contributed by atoms with E-state index in [1.165, 1.54) is 11.4 Å². The predicted octanol–water partition coefficient (Wildman–Crippen LogP) is 2.98. The lowest BCUT2D eigenvalue weighted by atomic mass is 10.3. The summed E-state index contributed by atoms with van der Waals surface area (Å²) in [5.74, 6) is 2.34. The Labute approximate surface area is 117 Å². The second-order valence-corrected chi connectivity index (χ2v) is 6.24. The molecule has 0 spiro atoms. The Kier molecular flexibility index (Phi) is 6.59. The van der Waals surface area contributed by atoms with Gasteiger partial charge in [-0.1, -0.05) is 13.8 Å². The van der Waals surface area contributed by atoms with Gasteiger partial charge in [0, 0.05) is 25.4 Å². The molecule has 1 unspecified atom stereocenters. The smallest absolute Gasteiger partial charge is 0.0767 e. The van der Waals surface area contributed by atoms with Crippen molar-refractivity contribution < 1.29 is 0 Å². The zero-order chi connectivity index (χ0) is 12.8. The molecule has 1 aromatic rings. The molecule has 1 rings (SSSR count). The summed E-state index contributed by atoms with van der Waals surface area (Å²) in [6.07, 6.45) is 0.968. The minimum Gasteiger partial charge on any atom is -0.308 e. The fourth-order valence-corrected chi connectivity index (χ4v) is 3.10. The van der Waals surface area contributed by atoms with E-state index in [9.17, 15) is 0 Å².